The molecule has 4 rings (SSSR count). The molecule has 43 heavy (non-hydrogen) atoms. The molecule has 1 N–H and O–H groups in total. The molecule has 10 heteroatoms. The molecule has 0 aliphatic rings. The number of halogens is 1. The summed E-state index contributed by atoms with van der Waals surface area (Å²) in [6.45, 7) is 1.30. The molecular formula is C33H34ClN3O5S. The van der Waals surface area contributed by atoms with Gasteiger partial charge in [-0.15, -0.1) is 0 Å². The number of benzene rings is 4. The van der Waals surface area contributed by atoms with Gasteiger partial charge in [0.1, 0.15) is 18.3 Å². The minimum absolute atomic E-state index is 0.0188. The number of amides is 2. The van der Waals surface area contributed by atoms with Crippen LogP contribution in [0.4, 0.5) is 5.69 Å². The standard InChI is InChI=1S/C33H34ClN3O5S/c1-24-16-18-28(19-17-24)43(40,41)37(29-14-7-8-15-31(29)42-3)23-32(38)36(22-26-12-9-13-27(34)20-26)30(33(39)35-2)21-25-10-5-4-6-11-25/h4-20,30H,21-23H2,1-3H3,(H,35,39)/t30-/m0/s1. The summed E-state index contributed by atoms with van der Waals surface area (Å²) < 4.78 is 34.8. The van der Waals surface area contributed by atoms with Gasteiger partial charge in [-0.3, -0.25) is 13.9 Å². The zero-order chi connectivity index (χ0) is 31.0. The van der Waals surface area contributed by atoms with Gasteiger partial charge in [0.25, 0.3) is 10.0 Å². The molecule has 1 atom stereocenters. The molecule has 4 aromatic carbocycles. The molecule has 0 spiro atoms. The van der Waals surface area contributed by atoms with Crippen molar-refractivity contribution in [1.29, 1.82) is 0 Å². The topological polar surface area (TPSA) is 96.0 Å². The number of carbonyl (C=O) groups excluding carboxylic acids is 2. The predicted molar refractivity (Wildman–Crippen MR) is 169 cm³/mol. The number of hydrogen-bond donors (Lipinski definition) is 1. The first-order chi connectivity index (χ1) is 20.6. The largest absolute Gasteiger partial charge is 0.495 e. The average molecular weight is 620 g/mol. The van der Waals surface area contributed by atoms with Crippen LogP contribution in [0.15, 0.2) is 108 Å². The lowest BCUT2D eigenvalue weighted by molar-refractivity contribution is -0.139. The minimum Gasteiger partial charge on any atom is -0.495 e. The summed E-state index contributed by atoms with van der Waals surface area (Å²) in [5.41, 5.74) is 2.61. The Balaban J connectivity index is 1.81. The Hall–Kier alpha value is -4.34. The maximum absolute atomic E-state index is 14.4. The molecule has 0 unspecified atom stereocenters. The van der Waals surface area contributed by atoms with Crippen molar-refractivity contribution in [1.82, 2.24) is 10.2 Å². The highest BCUT2D eigenvalue weighted by molar-refractivity contribution is 7.92. The summed E-state index contributed by atoms with van der Waals surface area (Å²) >= 11 is 6.26. The van der Waals surface area contributed by atoms with Gasteiger partial charge in [0, 0.05) is 25.0 Å². The van der Waals surface area contributed by atoms with Crippen molar-refractivity contribution in [2.45, 2.75) is 30.8 Å². The van der Waals surface area contributed by atoms with E-state index in [1.807, 2.05) is 37.3 Å². The van der Waals surface area contributed by atoms with Crippen LogP contribution in [0, 0.1) is 6.92 Å². The highest BCUT2D eigenvalue weighted by Gasteiger charge is 2.35. The molecule has 0 aromatic heterocycles. The third-order valence-electron chi connectivity index (χ3n) is 7.00. The fourth-order valence-corrected chi connectivity index (χ4v) is 6.38. The van der Waals surface area contributed by atoms with E-state index in [9.17, 15) is 18.0 Å². The molecule has 4 aromatic rings. The molecule has 0 aliphatic heterocycles. The summed E-state index contributed by atoms with van der Waals surface area (Å²) in [5.74, 6) is -0.685. The number of ether oxygens (including phenoxy) is 1. The zero-order valence-corrected chi connectivity index (χ0v) is 25.8. The average Bonchev–Trinajstić information content (AvgIpc) is 3.01. The molecule has 0 fully saturated rings. The maximum Gasteiger partial charge on any atom is 0.264 e. The number of sulfonamides is 1. The Kier molecular flexibility index (Phi) is 10.4. The number of aryl methyl sites for hydroxylation is 1. The third-order valence-corrected chi connectivity index (χ3v) is 9.01. The molecule has 224 valence electrons. The zero-order valence-electron chi connectivity index (χ0n) is 24.2. The van der Waals surface area contributed by atoms with Crippen molar-refractivity contribution in [3.05, 3.63) is 125 Å². The number of para-hydroxylation sites is 2. The summed E-state index contributed by atoms with van der Waals surface area (Å²) in [7, 11) is -1.30. The van der Waals surface area contributed by atoms with E-state index in [1.165, 1.54) is 31.2 Å². The van der Waals surface area contributed by atoms with E-state index < -0.39 is 28.5 Å². The van der Waals surface area contributed by atoms with Crippen LogP contribution in [0.1, 0.15) is 16.7 Å². The third kappa shape index (κ3) is 7.74. The number of rotatable bonds is 12. The normalized spacial score (nSPS) is 11.8. The van der Waals surface area contributed by atoms with Crippen molar-refractivity contribution < 1.29 is 22.7 Å². The first kappa shape index (κ1) is 31.6. The van der Waals surface area contributed by atoms with E-state index in [2.05, 4.69) is 5.32 Å². The fraction of sp³-hybridized carbons (Fsp3) is 0.212. The summed E-state index contributed by atoms with van der Waals surface area (Å²) in [6, 6.07) is 28.4. The van der Waals surface area contributed by atoms with Gasteiger partial charge in [-0.2, -0.15) is 0 Å². The molecule has 0 saturated heterocycles. The van der Waals surface area contributed by atoms with E-state index >= 15 is 0 Å². The van der Waals surface area contributed by atoms with E-state index in [4.69, 9.17) is 16.3 Å². The summed E-state index contributed by atoms with van der Waals surface area (Å²) in [6.07, 6.45) is 0.214. The van der Waals surface area contributed by atoms with Gasteiger partial charge in [-0.25, -0.2) is 8.42 Å². The lowest BCUT2D eigenvalue weighted by Crippen LogP contribution is -2.53. The van der Waals surface area contributed by atoms with Crippen LogP contribution in [-0.2, 0) is 32.6 Å². The predicted octanol–water partition coefficient (Wildman–Crippen LogP) is 5.24. The van der Waals surface area contributed by atoms with E-state index in [1.54, 1.807) is 60.7 Å². The van der Waals surface area contributed by atoms with Crippen LogP contribution in [0.5, 0.6) is 5.75 Å². The van der Waals surface area contributed by atoms with Gasteiger partial charge in [0.05, 0.1) is 17.7 Å². The van der Waals surface area contributed by atoms with Crippen LogP contribution in [0.3, 0.4) is 0 Å². The van der Waals surface area contributed by atoms with Crippen LogP contribution in [0.2, 0.25) is 5.02 Å². The Morgan fingerprint density at radius 1 is 0.884 bits per heavy atom. The van der Waals surface area contributed by atoms with Gasteiger partial charge >= 0.3 is 0 Å². The minimum atomic E-state index is -4.24. The number of nitrogens with zero attached hydrogens (tertiary/aromatic N) is 2. The monoisotopic (exact) mass is 619 g/mol. The molecule has 2 amide bonds. The number of nitrogens with one attached hydrogen (secondary N) is 1. The number of methoxy groups -OCH3 is 1. The van der Waals surface area contributed by atoms with Crippen LogP contribution in [0.25, 0.3) is 0 Å². The van der Waals surface area contributed by atoms with Crippen molar-refractivity contribution in [2.24, 2.45) is 0 Å². The Morgan fingerprint density at radius 3 is 2.19 bits per heavy atom. The first-order valence-electron chi connectivity index (χ1n) is 13.7. The van der Waals surface area contributed by atoms with Gasteiger partial charge < -0.3 is 15.0 Å². The molecule has 0 heterocycles. The maximum atomic E-state index is 14.4. The summed E-state index contributed by atoms with van der Waals surface area (Å²) in [5, 5.41) is 3.15. The van der Waals surface area contributed by atoms with Crippen LogP contribution >= 0.6 is 11.6 Å². The van der Waals surface area contributed by atoms with E-state index in [0.717, 1.165) is 15.4 Å². The SMILES string of the molecule is CNC(=O)[C@H](Cc1ccccc1)N(Cc1cccc(Cl)c1)C(=O)CN(c1ccccc1OC)S(=O)(=O)c1ccc(C)cc1. The second-order valence-corrected chi connectivity index (χ2v) is 12.3. The molecule has 0 aliphatic carbocycles. The molecular weight excluding hydrogens is 586 g/mol. The highest BCUT2D eigenvalue weighted by Crippen LogP contribution is 2.33. The lowest BCUT2D eigenvalue weighted by atomic mass is 10.0. The number of likely N-dealkylation sites (N-methyl/N-ethyl adjacent to an activating group) is 1. The smallest absolute Gasteiger partial charge is 0.264 e. The number of hydrogen-bond acceptors (Lipinski definition) is 5. The number of carbonyl (C=O) groups is 2. The van der Waals surface area contributed by atoms with Crippen LogP contribution < -0.4 is 14.4 Å². The molecule has 0 bridgehead atoms. The van der Waals surface area contributed by atoms with Crippen molar-refractivity contribution >= 4 is 39.1 Å². The van der Waals surface area contributed by atoms with E-state index in [-0.39, 0.29) is 35.2 Å². The lowest BCUT2D eigenvalue weighted by Gasteiger charge is -2.34. The number of anilines is 1. The second kappa shape index (κ2) is 14.2. The molecule has 0 radical (unpaired) electrons. The van der Waals surface area contributed by atoms with Crippen LogP contribution in [-0.4, -0.2) is 51.9 Å². The van der Waals surface area contributed by atoms with Gasteiger partial charge in [-0.1, -0.05) is 83.9 Å². The molecule has 0 saturated carbocycles. The van der Waals surface area contributed by atoms with Crippen molar-refractivity contribution in [2.75, 3.05) is 25.0 Å². The van der Waals surface area contributed by atoms with Gasteiger partial charge in [0.15, 0.2) is 0 Å². The summed E-state index contributed by atoms with van der Waals surface area (Å²) in [4.78, 5) is 29.1. The fourth-order valence-electron chi connectivity index (χ4n) is 4.74. The molecule has 8 nitrogen and oxygen atoms in total. The van der Waals surface area contributed by atoms with Crippen molar-refractivity contribution in [3.63, 3.8) is 0 Å². The first-order valence-corrected chi connectivity index (χ1v) is 15.5. The Bertz CT molecular complexity index is 1660. The van der Waals surface area contributed by atoms with Gasteiger partial charge in [0.2, 0.25) is 11.8 Å². The van der Waals surface area contributed by atoms with Gasteiger partial charge in [-0.05, 0) is 54.4 Å². The Morgan fingerprint density at radius 2 is 1.53 bits per heavy atom. The second-order valence-electron chi connectivity index (χ2n) is 9.97. The van der Waals surface area contributed by atoms with E-state index in [0.29, 0.717) is 10.6 Å². The quantitative estimate of drug-likeness (QED) is 0.234. The Labute approximate surface area is 257 Å². The highest BCUT2D eigenvalue weighted by atomic mass is 35.5. The van der Waals surface area contributed by atoms with Crippen molar-refractivity contribution in [3.8, 4) is 5.75 Å².